The number of rotatable bonds is 10. The molecule has 5 rings (SSSR count). The van der Waals surface area contributed by atoms with E-state index in [-0.39, 0.29) is 0 Å². The van der Waals surface area contributed by atoms with E-state index in [1.165, 1.54) is 25.7 Å². The lowest BCUT2D eigenvalue weighted by Crippen LogP contribution is -2.37. The molecule has 1 saturated carbocycles. The molecule has 2 fully saturated rings. The molecule has 3 aromatic rings. The first-order valence-corrected chi connectivity index (χ1v) is 15.3. The number of ether oxygens (including phenoxy) is 3. The molecule has 2 aliphatic rings. The van der Waals surface area contributed by atoms with Gasteiger partial charge in [0.15, 0.2) is 11.5 Å². The largest absolute Gasteiger partial charge is 0.493 e. The van der Waals surface area contributed by atoms with Crippen molar-refractivity contribution < 1.29 is 19.3 Å². The number of hydrogen-bond acceptors (Lipinski definition) is 7. The number of pyridine rings is 1. The number of likely N-dealkylation sites (tertiary alicyclic amines) is 1. The number of anilines is 1. The molecule has 1 aliphatic heterocycles. The Morgan fingerprint density at radius 2 is 1.66 bits per heavy atom. The van der Waals surface area contributed by atoms with E-state index in [0.717, 1.165) is 66.5 Å². The van der Waals surface area contributed by atoms with Crippen molar-refractivity contribution >= 4 is 16.6 Å². The van der Waals surface area contributed by atoms with Gasteiger partial charge in [-0.3, -0.25) is 9.88 Å². The highest BCUT2D eigenvalue weighted by molar-refractivity contribution is 5.88. The minimum Gasteiger partial charge on any atom is -0.493 e. The van der Waals surface area contributed by atoms with Crippen LogP contribution in [0.1, 0.15) is 59.3 Å². The fraction of sp³-hybridized carbons (Fsp3) is 0.559. The monoisotopic (exact) mass is 561 g/mol. The minimum atomic E-state index is 0.290. The second-order valence-electron chi connectivity index (χ2n) is 12.8. The Morgan fingerprint density at radius 3 is 2.32 bits per heavy atom. The average molecular weight is 562 g/mol. The zero-order valence-electron chi connectivity index (χ0n) is 25.2. The molecule has 0 atom stereocenters. The van der Waals surface area contributed by atoms with Crippen LogP contribution in [0.2, 0.25) is 0 Å². The summed E-state index contributed by atoms with van der Waals surface area (Å²) in [7, 11) is 1.66. The smallest absolute Gasteiger partial charge is 0.163 e. The van der Waals surface area contributed by atoms with Crippen LogP contribution in [0.4, 0.5) is 5.69 Å². The zero-order valence-corrected chi connectivity index (χ0v) is 25.2. The molecule has 2 N–H and O–H groups in total. The van der Waals surface area contributed by atoms with Crippen molar-refractivity contribution in [1.29, 1.82) is 0 Å². The number of fused-ring (bicyclic) bond motifs is 1. The van der Waals surface area contributed by atoms with Crippen LogP contribution in [0.3, 0.4) is 0 Å². The highest BCUT2D eigenvalue weighted by Crippen LogP contribution is 2.39. The van der Waals surface area contributed by atoms with Crippen molar-refractivity contribution in [2.24, 2.45) is 17.3 Å². The van der Waals surface area contributed by atoms with Gasteiger partial charge in [0.05, 0.1) is 12.6 Å². The molecule has 0 amide bonds. The Labute approximate surface area is 245 Å². The number of aromatic nitrogens is 1. The number of benzene rings is 2. The number of piperidine rings is 1. The normalized spacial score (nSPS) is 20.6. The second-order valence-corrected chi connectivity index (χ2v) is 12.8. The van der Waals surface area contributed by atoms with Gasteiger partial charge in [-0.05, 0) is 105 Å². The molecular formula is C34H47N3O4. The molecule has 2 aromatic carbocycles. The first kappa shape index (κ1) is 29.5. The van der Waals surface area contributed by atoms with Gasteiger partial charge in [-0.15, -0.1) is 0 Å². The molecular weight excluding hydrogens is 514 g/mol. The standard InChI is InChI=1S/C34H47N3O4/c1-34(2,3)25-5-7-26(8-6-25)36-27-9-11-28(12-10-27)41-31-13-16-35-30-22-33(32(39-4)21-29(30)31)40-20-19-37-17-14-24(23-38)15-18-37/h9-13,16,21-22,24-26,36,38H,5-8,14-15,17-20,23H2,1-4H3. The summed E-state index contributed by atoms with van der Waals surface area (Å²) >= 11 is 0. The predicted molar refractivity (Wildman–Crippen MR) is 165 cm³/mol. The summed E-state index contributed by atoms with van der Waals surface area (Å²) in [5.74, 6) is 4.11. The molecule has 1 saturated heterocycles. The molecule has 0 bridgehead atoms. The maximum absolute atomic E-state index is 9.37. The highest BCUT2D eigenvalue weighted by atomic mass is 16.5. The molecule has 0 radical (unpaired) electrons. The third-order valence-corrected chi connectivity index (χ3v) is 9.02. The van der Waals surface area contributed by atoms with E-state index >= 15 is 0 Å². The number of methoxy groups -OCH3 is 1. The van der Waals surface area contributed by atoms with Crippen LogP contribution in [-0.2, 0) is 0 Å². The molecule has 1 aromatic heterocycles. The van der Waals surface area contributed by atoms with Crippen molar-refractivity contribution in [2.75, 3.05) is 45.3 Å². The fourth-order valence-corrected chi connectivity index (χ4v) is 6.25. The van der Waals surface area contributed by atoms with Crippen molar-refractivity contribution in [2.45, 2.75) is 65.3 Å². The van der Waals surface area contributed by atoms with E-state index in [0.29, 0.717) is 42.1 Å². The third-order valence-electron chi connectivity index (χ3n) is 9.02. The molecule has 0 unspecified atom stereocenters. The molecule has 222 valence electrons. The Morgan fingerprint density at radius 1 is 0.927 bits per heavy atom. The van der Waals surface area contributed by atoms with E-state index < -0.39 is 0 Å². The SMILES string of the molecule is COc1cc2c(Oc3ccc(NC4CCC(C(C)(C)C)CC4)cc3)ccnc2cc1OCCN1CCC(CO)CC1. The number of aliphatic hydroxyl groups is 1. The van der Waals surface area contributed by atoms with Crippen molar-refractivity contribution in [3.8, 4) is 23.0 Å². The Bertz CT molecular complexity index is 1260. The molecule has 7 nitrogen and oxygen atoms in total. The van der Waals surface area contributed by atoms with E-state index in [9.17, 15) is 5.11 Å². The van der Waals surface area contributed by atoms with Crippen LogP contribution in [0, 0.1) is 17.3 Å². The van der Waals surface area contributed by atoms with Gasteiger partial charge in [0.25, 0.3) is 0 Å². The van der Waals surface area contributed by atoms with Crippen LogP contribution < -0.4 is 19.5 Å². The highest BCUT2D eigenvalue weighted by Gasteiger charge is 2.29. The summed E-state index contributed by atoms with van der Waals surface area (Å²) < 4.78 is 18.1. The number of aliphatic hydroxyl groups excluding tert-OH is 1. The lowest BCUT2D eigenvalue weighted by Gasteiger charge is -2.37. The first-order valence-electron chi connectivity index (χ1n) is 15.3. The van der Waals surface area contributed by atoms with E-state index in [1.807, 2.05) is 30.3 Å². The summed E-state index contributed by atoms with van der Waals surface area (Å²) in [5, 5.41) is 14.0. The van der Waals surface area contributed by atoms with Crippen molar-refractivity contribution in [3.05, 3.63) is 48.7 Å². The van der Waals surface area contributed by atoms with Crippen molar-refractivity contribution in [1.82, 2.24) is 9.88 Å². The van der Waals surface area contributed by atoms with Crippen LogP contribution in [-0.4, -0.2) is 61.0 Å². The van der Waals surface area contributed by atoms with Gasteiger partial charge >= 0.3 is 0 Å². The summed E-state index contributed by atoms with van der Waals surface area (Å²) in [6.07, 6.45) is 8.87. The lowest BCUT2D eigenvalue weighted by molar-refractivity contribution is 0.118. The fourth-order valence-electron chi connectivity index (χ4n) is 6.25. The van der Waals surface area contributed by atoms with Gasteiger partial charge in [0.1, 0.15) is 18.1 Å². The van der Waals surface area contributed by atoms with E-state index in [4.69, 9.17) is 14.2 Å². The summed E-state index contributed by atoms with van der Waals surface area (Å²) in [5.41, 5.74) is 2.34. The molecule has 2 heterocycles. The average Bonchev–Trinajstić information content (AvgIpc) is 2.98. The van der Waals surface area contributed by atoms with Gasteiger partial charge in [-0.2, -0.15) is 0 Å². The summed E-state index contributed by atoms with van der Waals surface area (Å²) in [4.78, 5) is 6.97. The van der Waals surface area contributed by atoms with E-state index in [1.54, 1.807) is 13.3 Å². The van der Waals surface area contributed by atoms with Crippen LogP contribution in [0.15, 0.2) is 48.7 Å². The van der Waals surface area contributed by atoms with Gasteiger partial charge < -0.3 is 24.6 Å². The third kappa shape index (κ3) is 7.63. The Hall–Kier alpha value is -3.03. The van der Waals surface area contributed by atoms with E-state index in [2.05, 4.69) is 48.1 Å². The second kappa shape index (κ2) is 13.3. The van der Waals surface area contributed by atoms with Gasteiger partial charge in [-0.1, -0.05) is 20.8 Å². The summed E-state index contributed by atoms with van der Waals surface area (Å²) in [6, 6.07) is 14.6. The maximum atomic E-state index is 9.37. The van der Waals surface area contributed by atoms with Gasteiger partial charge in [-0.25, -0.2) is 0 Å². The summed E-state index contributed by atoms with van der Waals surface area (Å²) in [6.45, 7) is 10.8. The number of hydrogen-bond donors (Lipinski definition) is 2. The molecule has 41 heavy (non-hydrogen) atoms. The first-order chi connectivity index (χ1) is 19.8. The minimum absolute atomic E-state index is 0.290. The number of nitrogens with zero attached hydrogens (tertiary/aromatic N) is 2. The maximum Gasteiger partial charge on any atom is 0.163 e. The van der Waals surface area contributed by atoms with Gasteiger partial charge in [0.2, 0.25) is 0 Å². The molecule has 1 aliphatic carbocycles. The Kier molecular flexibility index (Phi) is 9.56. The molecule has 7 heteroatoms. The quantitative estimate of drug-likeness (QED) is 0.273. The van der Waals surface area contributed by atoms with Crippen LogP contribution in [0.25, 0.3) is 10.9 Å². The zero-order chi connectivity index (χ0) is 28.8. The molecule has 0 spiro atoms. The van der Waals surface area contributed by atoms with Crippen LogP contribution >= 0.6 is 0 Å². The van der Waals surface area contributed by atoms with Gasteiger partial charge in [0, 0.05) is 42.5 Å². The number of nitrogens with one attached hydrogen (secondary N) is 1. The lowest BCUT2D eigenvalue weighted by atomic mass is 9.71. The van der Waals surface area contributed by atoms with Crippen LogP contribution in [0.5, 0.6) is 23.0 Å². The van der Waals surface area contributed by atoms with Crippen molar-refractivity contribution in [3.63, 3.8) is 0 Å². The topological polar surface area (TPSA) is 76.1 Å². The predicted octanol–water partition coefficient (Wildman–Crippen LogP) is 7.14. The Balaban J connectivity index is 1.19.